The maximum Gasteiger partial charge on any atom is 0.249 e. The highest BCUT2D eigenvalue weighted by Gasteiger charge is 2.25. The minimum Gasteiger partial charge on any atom is -0.490 e. The maximum atomic E-state index is 11.5. The molecule has 0 spiro atoms. The maximum absolute atomic E-state index is 11.5. The van der Waals surface area contributed by atoms with Crippen molar-refractivity contribution >= 4 is 5.91 Å². The number of carbonyl (C=O) groups is 1. The van der Waals surface area contributed by atoms with Gasteiger partial charge in [0.25, 0.3) is 0 Å². The van der Waals surface area contributed by atoms with Gasteiger partial charge in [-0.2, -0.15) is 0 Å². The molecule has 1 aromatic carbocycles. The van der Waals surface area contributed by atoms with E-state index >= 15 is 0 Å². The standard InChI is InChI=1S/C14H19NO2/c1-14(2,3)12-7-6-10(17-9-4-5-9)8-11(12)13(15)16/h6-9H,4-5H2,1-3H3,(H2,15,16). The van der Waals surface area contributed by atoms with Crippen LogP contribution in [0.4, 0.5) is 0 Å². The summed E-state index contributed by atoms with van der Waals surface area (Å²) in [6.45, 7) is 6.20. The SMILES string of the molecule is CC(C)(C)c1ccc(OC2CC2)cc1C(N)=O. The van der Waals surface area contributed by atoms with E-state index < -0.39 is 5.91 Å². The van der Waals surface area contributed by atoms with Crippen LogP contribution >= 0.6 is 0 Å². The zero-order valence-corrected chi connectivity index (χ0v) is 10.6. The molecule has 0 heterocycles. The molecule has 3 nitrogen and oxygen atoms in total. The molecule has 0 radical (unpaired) electrons. The summed E-state index contributed by atoms with van der Waals surface area (Å²) in [6.07, 6.45) is 2.54. The summed E-state index contributed by atoms with van der Waals surface area (Å²) in [6, 6.07) is 5.63. The van der Waals surface area contributed by atoms with Crippen molar-refractivity contribution in [2.24, 2.45) is 5.73 Å². The van der Waals surface area contributed by atoms with Crippen molar-refractivity contribution in [1.29, 1.82) is 0 Å². The Labute approximate surface area is 102 Å². The van der Waals surface area contributed by atoms with Crippen LogP contribution in [0.15, 0.2) is 18.2 Å². The van der Waals surface area contributed by atoms with Gasteiger partial charge < -0.3 is 10.5 Å². The molecule has 0 bridgehead atoms. The first-order valence-corrected chi connectivity index (χ1v) is 5.99. The van der Waals surface area contributed by atoms with Crippen LogP contribution in [0.2, 0.25) is 0 Å². The van der Waals surface area contributed by atoms with Gasteiger partial charge in [0.1, 0.15) is 5.75 Å². The third-order valence-corrected chi connectivity index (χ3v) is 2.89. The van der Waals surface area contributed by atoms with Crippen LogP contribution in [-0.4, -0.2) is 12.0 Å². The van der Waals surface area contributed by atoms with E-state index in [1.165, 1.54) is 0 Å². The highest BCUT2D eigenvalue weighted by Crippen LogP contribution is 2.31. The lowest BCUT2D eigenvalue weighted by molar-refractivity contribution is 0.0997. The van der Waals surface area contributed by atoms with Gasteiger partial charge in [0.2, 0.25) is 5.91 Å². The number of ether oxygens (including phenoxy) is 1. The monoisotopic (exact) mass is 233 g/mol. The summed E-state index contributed by atoms with van der Waals surface area (Å²) < 4.78 is 5.68. The van der Waals surface area contributed by atoms with Gasteiger partial charge in [0.05, 0.1) is 6.10 Å². The number of amides is 1. The molecule has 1 aliphatic carbocycles. The summed E-state index contributed by atoms with van der Waals surface area (Å²) in [7, 11) is 0. The number of rotatable bonds is 3. The molecular weight excluding hydrogens is 214 g/mol. The van der Waals surface area contributed by atoms with Crippen molar-refractivity contribution in [3.05, 3.63) is 29.3 Å². The second-order valence-electron chi connectivity index (χ2n) is 5.64. The number of benzene rings is 1. The molecule has 2 N–H and O–H groups in total. The molecule has 1 aliphatic rings. The average molecular weight is 233 g/mol. The first-order valence-electron chi connectivity index (χ1n) is 5.99. The second kappa shape index (κ2) is 4.06. The molecule has 1 amide bonds. The molecule has 2 rings (SSSR count). The quantitative estimate of drug-likeness (QED) is 0.872. The van der Waals surface area contributed by atoms with Gasteiger partial charge in [-0.1, -0.05) is 26.8 Å². The van der Waals surface area contributed by atoms with E-state index in [9.17, 15) is 4.79 Å². The normalized spacial score (nSPS) is 15.7. The van der Waals surface area contributed by atoms with E-state index in [1.54, 1.807) is 6.07 Å². The van der Waals surface area contributed by atoms with Crippen molar-refractivity contribution in [2.75, 3.05) is 0 Å². The van der Waals surface area contributed by atoms with Crippen LogP contribution in [0.3, 0.4) is 0 Å². The molecule has 1 saturated carbocycles. The molecule has 0 aromatic heterocycles. The van der Waals surface area contributed by atoms with Crippen LogP contribution in [0.5, 0.6) is 5.75 Å². The molecule has 0 unspecified atom stereocenters. The number of nitrogens with two attached hydrogens (primary N) is 1. The van der Waals surface area contributed by atoms with Gasteiger partial charge in [0, 0.05) is 5.56 Å². The fourth-order valence-electron chi connectivity index (χ4n) is 1.83. The van der Waals surface area contributed by atoms with E-state index in [-0.39, 0.29) is 5.41 Å². The summed E-state index contributed by atoms with van der Waals surface area (Å²) in [4.78, 5) is 11.5. The van der Waals surface area contributed by atoms with Gasteiger partial charge in [-0.15, -0.1) is 0 Å². The zero-order chi connectivity index (χ0) is 12.6. The minimum absolute atomic E-state index is 0.0948. The lowest BCUT2D eigenvalue weighted by Gasteiger charge is -2.22. The molecule has 1 fully saturated rings. The lowest BCUT2D eigenvalue weighted by atomic mass is 9.83. The number of hydrogen-bond donors (Lipinski definition) is 1. The van der Waals surface area contributed by atoms with Gasteiger partial charge in [-0.25, -0.2) is 0 Å². The Morgan fingerprint density at radius 1 is 1.35 bits per heavy atom. The second-order valence-corrected chi connectivity index (χ2v) is 5.64. The summed E-state index contributed by atoms with van der Waals surface area (Å²) in [5.41, 5.74) is 6.87. The molecule has 0 atom stereocenters. The minimum atomic E-state index is -0.392. The highest BCUT2D eigenvalue weighted by atomic mass is 16.5. The summed E-state index contributed by atoms with van der Waals surface area (Å²) in [5, 5.41) is 0. The summed E-state index contributed by atoms with van der Waals surface area (Å²) >= 11 is 0. The van der Waals surface area contributed by atoms with E-state index in [4.69, 9.17) is 10.5 Å². The molecule has 17 heavy (non-hydrogen) atoms. The lowest BCUT2D eigenvalue weighted by Crippen LogP contribution is -2.21. The van der Waals surface area contributed by atoms with Crippen molar-refractivity contribution in [2.45, 2.75) is 45.1 Å². The van der Waals surface area contributed by atoms with Crippen molar-refractivity contribution in [3.63, 3.8) is 0 Å². The van der Waals surface area contributed by atoms with Crippen LogP contribution in [-0.2, 0) is 5.41 Å². The van der Waals surface area contributed by atoms with Gasteiger partial charge in [-0.3, -0.25) is 4.79 Å². The molecule has 3 heteroatoms. The van der Waals surface area contributed by atoms with Gasteiger partial charge in [0.15, 0.2) is 0 Å². The van der Waals surface area contributed by atoms with E-state index in [2.05, 4.69) is 20.8 Å². The Morgan fingerprint density at radius 2 is 2.00 bits per heavy atom. The van der Waals surface area contributed by atoms with Crippen LogP contribution in [0.25, 0.3) is 0 Å². The predicted molar refractivity (Wildman–Crippen MR) is 67.3 cm³/mol. The molecule has 1 aromatic rings. The smallest absolute Gasteiger partial charge is 0.249 e. The van der Waals surface area contributed by atoms with Crippen LogP contribution in [0, 0.1) is 0 Å². The number of hydrogen-bond acceptors (Lipinski definition) is 2. The fourth-order valence-corrected chi connectivity index (χ4v) is 1.83. The predicted octanol–water partition coefficient (Wildman–Crippen LogP) is 2.62. The van der Waals surface area contributed by atoms with Gasteiger partial charge in [-0.05, 0) is 36.0 Å². The van der Waals surface area contributed by atoms with Crippen LogP contribution < -0.4 is 10.5 Å². The Morgan fingerprint density at radius 3 is 2.47 bits per heavy atom. The average Bonchev–Trinajstić information content (AvgIpc) is 2.99. The fraction of sp³-hybridized carbons (Fsp3) is 0.500. The molecule has 0 saturated heterocycles. The Hall–Kier alpha value is -1.51. The number of carbonyl (C=O) groups excluding carboxylic acids is 1. The Kier molecular flexibility index (Phi) is 2.86. The third kappa shape index (κ3) is 2.78. The Bertz CT molecular complexity index is 442. The molecule has 92 valence electrons. The van der Waals surface area contributed by atoms with Crippen molar-refractivity contribution in [1.82, 2.24) is 0 Å². The highest BCUT2D eigenvalue weighted by molar-refractivity contribution is 5.95. The third-order valence-electron chi connectivity index (χ3n) is 2.89. The Balaban J connectivity index is 2.36. The zero-order valence-electron chi connectivity index (χ0n) is 10.6. The van der Waals surface area contributed by atoms with E-state index in [0.717, 1.165) is 24.2 Å². The van der Waals surface area contributed by atoms with Crippen molar-refractivity contribution < 1.29 is 9.53 Å². The molecular formula is C14H19NO2. The largest absolute Gasteiger partial charge is 0.490 e. The summed E-state index contributed by atoms with van der Waals surface area (Å²) in [5.74, 6) is 0.352. The first-order chi connectivity index (χ1) is 7.88. The number of primary amides is 1. The van der Waals surface area contributed by atoms with Crippen molar-refractivity contribution in [3.8, 4) is 5.75 Å². The van der Waals surface area contributed by atoms with Crippen LogP contribution in [0.1, 0.15) is 49.5 Å². The topological polar surface area (TPSA) is 52.3 Å². The first kappa shape index (κ1) is 12.0. The van der Waals surface area contributed by atoms with Gasteiger partial charge >= 0.3 is 0 Å². The van der Waals surface area contributed by atoms with E-state index in [0.29, 0.717) is 11.7 Å². The van der Waals surface area contributed by atoms with E-state index in [1.807, 2.05) is 12.1 Å². The molecule has 0 aliphatic heterocycles.